The molecule has 0 saturated heterocycles. The van der Waals surface area contributed by atoms with Crippen molar-refractivity contribution in [1.29, 1.82) is 0 Å². The molecular formula is C12H9NO2. The van der Waals surface area contributed by atoms with Crippen LogP contribution in [-0.2, 0) is 9.59 Å². The molecule has 0 unspecified atom stereocenters. The van der Waals surface area contributed by atoms with Crippen LogP contribution in [-0.4, -0.2) is 11.8 Å². The van der Waals surface area contributed by atoms with Crippen molar-refractivity contribution in [3.8, 4) is 0 Å². The third-order valence-corrected chi connectivity index (χ3v) is 2.21. The SMILES string of the molecule is C=Cc1ccccc1N1C(=O)C=CC1=O. The van der Waals surface area contributed by atoms with Crippen molar-refractivity contribution in [2.24, 2.45) is 0 Å². The van der Waals surface area contributed by atoms with E-state index in [1.807, 2.05) is 6.07 Å². The molecule has 3 heteroatoms. The minimum Gasteiger partial charge on any atom is -0.269 e. The second-order valence-electron chi connectivity index (χ2n) is 3.11. The number of para-hydroxylation sites is 1. The standard InChI is InChI=1S/C12H9NO2/c1-2-9-5-3-4-6-10(9)13-11(14)7-8-12(13)15/h2-8H,1H2. The highest BCUT2D eigenvalue weighted by Crippen LogP contribution is 2.24. The largest absolute Gasteiger partial charge is 0.269 e. The van der Waals surface area contributed by atoms with Crippen LogP contribution in [0.4, 0.5) is 5.69 Å². The van der Waals surface area contributed by atoms with Gasteiger partial charge in [0.25, 0.3) is 11.8 Å². The highest BCUT2D eigenvalue weighted by molar-refractivity contribution is 6.28. The number of rotatable bonds is 2. The molecule has 0 bridgehead atoms. The number of anilines is 1. The predicted molar refractivity (Wildman–Crippen MR) is 58.2 cm³/mol. The summed E-state index contributed by atoms with van der Waals surface area (Å²) in [5.41, 5.74) is 1.34. The van der Waals surface area contributed by atoms with Crippen LogP contribution >= 0.6 is 0 Å². The van der Waals surface area contributed by atoms with Gasteiger partial charge < -0.3 is 0 Å². The Kier molecular flexibility index (Phi) is 2.21. The number of nitrogens with zero attached hydrogens (tertiary/aromatic N) is 1. The minimum absolute atomic E-state index is 0.311. The van der Waals surface area contributed by atoms with Gasteiger partial charge in [-0.1, -0.05) is 30.9 Å². The van der Waals surface area contributed by atoms with Gasteiger partial charge >= 0.3 is 0 Å². The van der Waals surface area contributed by atoms with Crippen molar-refractivity contribution in [3.63, 3.8) is 0 Å². The lowest BCUT2D eigenvalue weighted by Crippen LogP contribution is -2.30. The summed E-state index contributed by atoms with van der Waals surface area (Å²) in [5.74, 6) is -0.622. The van der Waals surface area contributed by atoms with Crippen molar-refractivity contribution < 1.29 is 9.59 Å². The van der Waals surface area contributed by atoms with E-state index in [-0.39, 0.29) is 11.8 Å². The first-order valence-electron chi connectivity index (χ1n) is 4.51. The predicted octanol–water partition coefficient (Wildman–Crippen LogP) is 1.76. The first kappa shape index (κ1) is 9.40. The first-order valence-corrected chi connectivity index (χ1v) is 4.51. The van der Waals surface area contributed by atoms with Gasteiger partial charge in [-0.2, -0.15) is 0 Å². The summed E-state index contributed by atoms with van der Waals surface area (Å²) in [6, 6.07) is 7.14. The number of carbonyl (C=O) groups excluding carboxylic acids is 2. The molecular weight excluding hydrogens is 190 g/mol. The van der Waals surface area contributed by atoms with Crippen LogP contribution in [0.2, 0.25) is 0 Å². The molecule has 0 saturated carbocycles. The van der Waals surface area contributed by atoms with Gasteiger partial charge in [0.2, 0.25) is 0 Å². The van der Waals surface area contributed by atoms with E-state index in [0.29, 0.717) is 5.69 Å². The van der Waals surface area contributed by atoms with Crippen LogP contribution in [0.25, 0.3) is 6.08 Å². The molecule has 0 aliphatic carbocycles. The van der Waals surface area contributed by atoms with Crippen molar-refractivity contribution in [3.05, 3.63) is 48.6 Å². The third-order valence-electron chi connectivity index (χ3n) is 2.21. The third kappa shape index (κ3) is 1.48. The lowest BCUT2D eigenvalue weighted by Gasteiger charge is -2.16. The van der Waals surface area contributed by atoms with E-state index in [1.54, 1.807) is 24.3 Å². The van der Waals surface area contributed by atoms with E-state index in [2.05, 4.69) is 6.58 Å². The Morgan fingerprint density at radius 1 is 1.07 bits per heavy atom. The zero-order valence-electron chi connectivity index (χ0n) is 8.01. The molecule has 1 heterocycles. The maximum absolute atomic E-state index is 11.4. The maximum atomic E-state index is 11.4. The molecule has 2 amide bonds. The van der Waals surface area contributed by atoms with Gasteiger partial charge in [0, 0.05) is 12.2 Å². The van der Waals surface area contributed by atoms with Crippen molar-refractivity contribution >= 4 is 23.6 Å². The lowest BCUT2D eigenvalue weighted by atomic mass is 10.1. The molecule has 1 aliphatic heterocycles. The van der Waals surface area contributed by atoms with Crippen LogP contribution in [0, 0.1) is 0 Å². The molecule has 3 nitrogen and oxygen atoms in total. The number of imide groups is 1. The molecule has 0 radical (unpaired) electrons. The zero-order chi connectivity index (χ0) is 10.8. The summed E-state index contributed by atoms with van der Waals surface area (Å²) < 4.78 is 0. The molecule has 1 aromatic rings. The van der Waals surface area contributed by atoms with Gasteiger partial charge in [-0.25, -0.2) is 4.90 Å². The Morgan fingerprint density at radius 3 is 2.27 bits per heavy atom. The molecule has 1 aromatic carbocycles. The van der Waals surface area contributed by atoms with Gasteiger partial charge in [-0.05, 0) is 11.6 Å². The number of benzene rings is 1. The van der Waals surface area contributed by atoms with Crippen LogP contribution < -0.4 is 4.90 Å². The van der Waals surface area contributed by atoms with Gasteiger partial charge in [0.1, 0.15) is 0 Å². The minimum atomic E-state index is -0.311. The Morgan fingerprint density at radius 2 is 1.67 bits per heavy atom. The van der Waals surface area contributed by atoms with E-state index in [1.165, 1.54) is 12.2 Å². The summed E-state index contributed by atoms with van der Waals surface area (Å²) in [6.07, 6.45) is 4.15. The van der Waals surface area contributed by atoms with Gasteiger partial charge in [-0.15, -0.1) is 0 Å². The molecule has 0 spiro atoms. The first-order chi connectivity index (χ1) is 7.24. The molecule has 74 valence electrons. The summed E-state index contributed by atoms with van der Waals surface area (Å²) in [7, 11) is 0. The fourth-order valence-electron chi connectivity index (χ4n) is 1.50. The summed E-state index contributed by atoms with van der Waals surface area (Å²) in [4.78, 5) is 24.0. The quantitative estimate of drug-likeness (QED) is 0.680. The second-order valence-corrected chi connectivity index (χ2v) is 3.11. The summed E-state index contributed by atoms with van der Waals surface area (Å²) in [5, 5.41) is 0. The summed E-state index contributed by atoms with van der Waals surface area (Å²) in [6.45, 7) is 3.64. The number of carbonyl (C=O) groups is 2. The van der Waals surface area contributed by atoms with E-state index in [9.17, 15) is 9.59 Å². The maximum Gasteiger partial charge on any atom is 0.258 e. The number of hydrogen-bond acceptors (Lipinski definition) is 2. The number of amides is 2. The molecule has 0 atom stereocenters. The number of hydrogen-bond donors (Lipinski definition) is 0. The van der Waals surface area contributed by atoms with Gasteiger partial charge in [0.05, 0.1) is 5.69 Å². The van der Waals surface area contributed by atoms with Gasteiger partial charge in [-0.3, -0.25) is 9.59 Å². The fraction of sp³-hybridized carbons (Fsp3) is 0. The Balaban J connectivity index is 2.50. The molecule has 0 N–H and O–H groups in total. The smallest absolute Gasteiger partial charge is 0.258 e. The van der Waals surface area contributed by atoms with E-state index in [0.717, 1.165) is 10.5 Å². The normalized spacial score (nSPS) is 14.8. The average Bonchev–Trinajstić information content (AvgIpc) is 2.59. The molecule has 2 rings (SSSR count). The van der Waals surface area contributed by atoms with E-state index in [4.69, 9.17) is 0 Å². The van der Waals surface area contributed by atoms with Crippen LogP contribution in [0.15, 0.2) is 43.0 Å². The zero-order valence-corrected chi connectivity index (χ0v) is 8.01. The highest BCUT2D eigenvalue weighted by atomic mass is 16.2. The molecule has 0 fully saturated rings. The van der Waals surface area contributed by atoms with Gasteiger partial charge in [0.15, 0.2) is 0 Å². The Hall–Kier alpha value is -2.16. The average molecular weight is 199 g/mol. The Bertz CT molecular complexity index is 456. The van der Waals surface area contributed by atoms with Crippen LogP contribution in [0.1, 0.15) is 5.56 Å². The van der Waals surface area contributed by atoms with E-state index >= 15 is 0 Å². The van der Waals surface area contributed by atoms with Crippen molar-refractivity contribution in [1.82, 2.24) is 0 Å². The monoisotopic (exact) mass is 199 g/mol. The van der Waals surface area contributed by atoms with Crippen molar-refractivity contribution in [2.45, 2.75) is 0 Å². The topological polar surface area (TPSA) is 37.4 Å². The molecule has 1 aliphatic rings. The Labute approximate surface area is 87.3 Å². The van der Waals surface area contributed by atoms with Crippen LogP contribution in [0.5, 0.6) is 0 Å². The summed E-state index contributed by atoms with van der Waals surface area (Å²) >= 11 is 0. The highest BCUT2D eigenvalue weighted by Gasteiger charge is 2.26. The van der Waals surface area contributed by atoms with Crippen LogP contribution in [0.3, 0.4) is 0 Å². The van der Waals surface area contributed by atoms with Crippen molar-refractivity contribution in [2.75, 3.05) is 4.90 Å². The molecule has 0 aromatic heterocycles. The lowest BCUT2D eigenvalue weighted by molar-refractivity contribution is -0.119. The molecule has 15 heavy (non-hydrogen) atoms. The van der Waals surface area contributed by atoms with E-state index < -0.39 is 0 Å². The second kappa shape index (κ2) is 3.53. The fourth-order valence-corrected chi connectivity index (χ4v) is 1.50.